The van der Waals surface area contributed by atoms with E-state index in [4.69, 9.17) is 68.8 Å². The van der Waals surface area contributed by atoms with Gasteiger partial charge in [0, 0.05) is 0 Å². The molecule has 2 aromatic carbocycles. The van der Waals surface area contributed by atoms with Gasteiger partial charge in [-0.05, 0) is 84.9 Å². The first-order valence-corrected chi connectivity index (χ1v) is 20.5. The molecule has 0 spiro atoms. The van der Waals surface area contributed by atoms with Crippen molar-refractivity contribution in [2.75, 3.05) is 66.1 Å². The van der Waals surface area contributed by atoms with Crippen molar-refractivity contribution >= 4 is 55.6 Å². The summed E-state index contributed by atoms with van der Waals surface area (Å²) in [6.07, 6.45) is 0. The molecular formula is C26H34Cl2N3O11P3. The first-order chi connectivity index (χ1) is 21.7. The number of carbonyl (C=O) groups excluding carboxylic acids is 2. The Hall–Kier alpha value is -1.95. The number of fused-ring (bicyclic) bond motifs is 1. The third kappa shape index (κ3) is 11.1. The second-order valence-electron chi connectivity index (χ2n) is 8.88. The molecule has 2 heterocycles. The van der Waals surface area contributed by atoms with Crippen molar-refractivity contribution in [1.82, 2.24) is 0 Å². The molecule has 2 aromatic rings. The molecule has 0 aromatic heterocycles. The molecule has 2 aliphatic heterocycles. The molecule has 19 heteroatoms. The van der Waals surface area contributed by atoms with Crippen LogP contribution in [-0.4, -0.2) is 78.0 Å². The lowest BCUT2D eigenvalue weighted by Gasteiger charge is -2.30. The molecule has 0 saturated carbocycles. The van der Waals surface area contributed by atoms with Gasteiger partial charge in [0.1, 0.15) is 11.5 Å². The van der Waals surface area contributed by atoms with Gasteiger partial charge in [0.2, 0.25) is 0 Å². The summed E-state index contributed by atoms with van der Waals surface area (Å²) in [5, 5.41) is 0. The van der Waals surface area contributed by atoms with Gasteiger partial charge in [0.25, 0.3) is 5.91 Å². The SMILES string of the molecule is CCOC(=O)c1ccc(OP23=NP(Cl)(Cl)=NP(Oc4ccc(C(=O)OCC)cc4)(=N2)OCCOCCOCCOCCO3)cc1. The molecule has 248 valence electrons. The summed E-state index contributed by atoms with van der Waals surface area (Å²) in [4.78, 5) is 24.3. The molecule has 2 atom stereocenters. The van der Waals surface area contributed by atoms with E-state index in [9.17, 15) is 9.59 Å². The quantitative estimate of drug-likeness (QED) is 0.192. The number of carbonyl (C=O) groups is 2. The Morgan fingerprint density at radius 3 is 1.40 bits per heavy atom. The molecule has 0 fully saturated rings. The third-order valence-electron chi connectivity index (χ3n) is 5.57. The van der Waals surface area contributed by atoms with E-state index >= 15 is 0 Å². The average molecular weight is 728 g/mol. The van der Waals surface area contributed by atoms with Gasteiger partial charge in [-0.3, -0.25) is 9.05 Å². The maximum Gasteiger partial charge on any atom is 0.401 e. The molecule has 45 heavy (non-hydrogen) atoms. The fraction of sp³-hybridized carbons (Fsp3) is 0.462. The molecule has 2 aliphatic rings. The zero-order chi connectivity index (χ0) is 32.2. The molecule has 0 radical (unpaired) electrons. The summed E-state index contributed by atoms with van der Waals surface area (Å²) in [5.41, 5.74) is 0.636. The van der Waals surface area contributed by atoms with Crippen LogP contribution >= 0.6 is 43.7 Å². The number of rotatable bonds is 8. The summed E-state index contributed by atoms with van der Waals surface area (Å²) >= 11 is 13.4. The minimum Gasteiger partial charge on any atom is -0.462 e. The van der Waals surface area contributed by atoms with Crippen LogP contribution in [0.15, 0.2) is 62.1 Å². The second-order valence-corrected chi connectivity index (χ2v) is 18.1. The Morgan fingerprint density at radius 2 is 1.00 bits per heavy atom. The Labute approximate surface area is 271 Å². The van der Waals surface area contributed by atoms with Gasteiger partial charge in [0.05, 0.1) is 77.2 Å². The maximum atomic E-state index is 12.2. The first kappa shape index (κ1) is 35.9. The Bertz CT molecular complexity index is 1390. The number of esters is 2. The van der Waals surface area contributed by atoms with Crippen molar-refractivity contribution in [3.8, 4) is 11.5 Å². The standard InChI is InChI=1S/C26H34Cl2N3O11P3/c1-3-37-25(32)21-5-9-23(10-6-21)41-44-29-43(27,28)30-45(31-44,42-24-11-7-22(8-12-24)26(33)38-4-2)40-20-18-36-16-14-34-13-15-35-17-19-39-44/h5-12H,3-4,13-20H2,1-2H3. The molecule has 0 N–H and O–H groups in total. The highest BCUT2D eigenvalue weighted by Crippen LogP contribution is 2.82. The van der Waals surface area contributed by atoms with E-state index in [0.29, 0.717) is 37.6 Å². The highest BCUT2D eigenvalue weighted by Gasteiger charge is 2.42. The first-order valence-electron chi connectivity index (χ1n) is 13.9. The molecular weight excluding hydrogens is 694 g/mol. The monoisotopic (exact) mass is 727 g/mol. The minimum absolute atomic E-state index is 0.00713. The fourth-order valence-corrected chi connectivity index (χ4v) is 14.4. The van der Waals surface area contributed by atoms with E-state index in [1.807, 2.05) is 0 Å². The van der Waals surface area contributed by atoms with Crippen LogP contribution in [0.3, 0.4) is 0 Å². The maximum absolute atomic E-state index is 12.2. The van der Waals surface area contributed by atoms with Crippen molar-refractivity contribution in [2.45, 2.75) is 13.8 Å². The lowest BCUT2D eigenvalue weighted by Crippen LogP contribution is -2.14. The van der Waals surface area contributed by atoms with Gasteiger partial charge in [-0.2, -0.15) is 9.03 Å². The largest absolute Gasteiger partial charge is 0.462 e. The van der Waals surface area contributed by atoms with Crippen LogP contribution in [-0.2, 0) is 32.7 Å². The van der Waals surface area contributed by atoms with E-state index in [1.165, 1.54) is 24.3 Å². The summed E-state index contributed by atoms with van der Waals surface area (Å²) in [5.74, 6) is -4.05. The molecule has 2 bridgehead atoms. The van der Waals surface area contributed by atoms with Crippen molar-refractivity contribution in [3.63, 3.8) is 0 Å². The fourth-order valence-electron chi connectivity index (χ4n) is 3.68. The van der Waals surface area contributed by atoms with Crippen molar-refractivity contribution in [3.05, 3.63) is 59.7 Å². The predicted octanol–water partition coefficient (Wildman–Crippen LogP) is 7.92. The normalized spacial score (nSPS) is 24.1. The molecule has 0 amide bonds. The number of hydrogen-bond donors (Lipinski definition) is 0. The number of ether oxygens (including phenoxy) is 5. The third-order valence-corrected chi connectivity index (χ3v) is 15.3. The number of hydrogen-bond acceptors (Lipinski definition) is 14. The summed E-state index contributed by atoms with van der Waals surface area (Å²) in [6.45, 7) is 5.55. The highest BCUT2D eigenvalue weighted by molar-refractivity contribution is 8.13. The van der Waals surface area contributed by atoms with Crippen LogP contribution in [0.1, 0.15) is 34.6 Å². The van der Waals surface area contributed by atoms with E-state index in [-0.39, 0.29) is 51.1 Å². The molecule has 0 saturated heterocycles. The van der Waals surface area contributed by atoms with E-state index < -0.39 is 33.2 Å². The highest BCUT2D eigenvalue weighted by atomic mass is 35.9. The Morgan fingerprint density at radius 1 is 0.622 bits per heavy atom. The van der Waals surface area contributed by atoms with Gasteiger partial charge in [0.15, 0.2) is 0 Å². The minimum atomic E-state index is -3.77. The number of halogens is 2. The van der Waals surface area contributed by atoms with Crippen LogP contribution in [0.2, 0.25) is 0 Å². The summed E-state index contributed by atoms with van der Waals surface area (Å²) < 4.78 is 65.5. The van der Waals surface area contributed by atoms with Crippen molar-refractivity contribution < 1.29 is 51.4 Å². The van der Waals surface area contributed by atoms with Crippen LogP contribution in [0.5, 0.6) is 11.5 Å². The van der Waals surface area contributed by atoms with E-state index in [1.54, 1.807) is 38.1 Å². The second kappa shape index (κ2) is 17.3. The molecule has 14 nitrogen and oxygen atoms in total. The lowest BCUT2D eigenvalue weighted by atomic mass is 10.2. The number of nitrogens with zero attached hydrogens (tertiary/aromatic N) is 3. The zero-order valence-corrected chi connectivity index (χ0v) is 28.8. The Balaban J connectivity index is 1.75. The number of benzene rings is 2. The van der Waals surface area contributed by atoms with Gasteiger partial charge < -0.3 is 32.7 Å². The topological polar surface area (TPSA) is 154 Å². The predicted molar refractivity (Wildman–Crippen MR) is 170 cm³/mol. The Kier molecular flexibility index (Phi) is 13.8. The van der Waals surface area contributed by atoms with Gasteiger partial charge >= 0.3 is 27.3 Å². The van der Waals surface area contributed by atoms with Crippen LogP contribution in [0.25, 0.3) is 0 Å². The zero-order valence-electron chi connectivity index (χ0n) is 24.6. The van der Waals surface area contributed by atoms with Gasteiger partial charge in [-0.1, -0.05) is 0 Å². The lowest BCUT2D eigenvalue weighted by molar-refractivity contribution is 0.00460. The van der Waals surface area contributed by atoms with Crippen LogP contribution in [0.4, 0.5) is 0 Å². The van der Waals surface area contributed by atoms with Crippen LogP contribution < -0.4 is 9.05 Å². The summed E-state index contributed by atoms with van der Waals surface area (Å²) in [7, 11) is -7.54. The van der Waals surface area contributed by atoms with Crippen LogP contribution in [0, 0.1) is 0 Å². The molecule has 4 rings (SSSR count). The van der Waals surface area contributed by atoms with Crippen molar-refractivity contribution in [2.24, 2.45) is 13.5 Å². The summed E-state index contributed by atoms with van der Waals surface area (Å²) in [6, 6.07) is 12.3. The average Bonchev–Trinajstić information content (AvgIpc) is 2.99. The van der Waals surface area contributed by atoms with E-state index in [2.05, 4.69) is 9.03 Å². The molecule has 0 aliphatic carbocycles. The van der Waals surface area contributed by atoms with Gasteiger partial charge in [-0.15, -0.1) is 4.52 Å². The van der Waals surface area contributed by atoms with E-state index in [0.717, 1.165) is 0 Å². The van der Waals surface area contributed by atoms with Crippen molar-refractivity contribution in [1.29, 1.82) is 0 Å². The smallest absolute Gasteiger partial charge is 0.401 e. The van der Waals surface area contributed by atoms with Gasteiger partial charge in [-0.25, -0.2) is 9.59 Å². The molecule has 2 unspecified atom stereocenters.